The molecule has 3 N–H and O–H groups in total. The van der Waals surface area contributed by atoms with Crippen LogP contribution in [-0.4, -0.2) is 52.0 Å². The van der Waals surface area contributed by atoms with Crippen LogP contribution in [-0.2, 0) is 14.8 Å². The average molecular weight is 309 g/mol. The van der Waals surface area contributed by atoms with Crippen LogP contribution in [0.5, 0.6) is 0 Å². The van der Waals surface area contributed by atoms with Gasteiger partial charge in [0.25, 0.3) is 0 Å². The highest BCUT2D eigenvalue weighted by atomic mass is 32.2. The first-order valence-electron chi connectivity index (χ1n) is 6.64. The lowest BCUT2D eigenvalue weighted by Gasteiger charge is -2.21. The van der Waals surface area contributed by atoms with E-state index in [1.165, 1.54) is 0 Å². The van der Waals surface area contributed by atoms with E-state index >= 15 is 0 Å². The van der Waals surface area contributed by atoms with E-state index < -0.39 is 21.7 Å². The minimum atomic E-state index is -3.12. The highest BCUT2D eigenvalue weighted by Crippen LogP contribution is 2.06. The number of carbonyl (C=O) groups is 1. The Balaban J connectivity index is 3.64. The zero-order valence-electron chi connectivity index (χ0n) is 12.9. The Bertz CT molecular complexity index is 390. The molecule has 1 unspecified atom stereocenters. The quantitative estimate of drug-likeness (QED) is 0.565. The monoisotopic (exact) mass is 309 g/mol. The van der Waals surface area contributed by atoms with Crippen LogP contribution in [0.2, 0.25) is 0 Å². The van der Waals surface area contributed by atoms with Crippen molar-refractivity contribution in [1.29, 1.82) is 0 Å². The molecule has 120 valence electrons. The van der Waals surface area contributed by atoms with Crippen LogP contribution in [0.4, 0.5) is 4.79 Å². The third-order valence-electron chi connectivity index (χ3n) is 2.16. The highest BCUT2D eigenvalue weighted by molar-refractivity contribution is 7.88. The first-order chi connectivity index (χ1) is 8.99. The molecule has 0 saturated carbocycles. The van der Waals surface area contributed by atoms with Crippen LogP contribution in [0.3, 0.4) is 0 Å². The number of rotatable bonds is 8. The third kappa shape index (κ3) is 13.6. The van der Waals surface area contributed by atoms with Crippen LogP contribution in [0.1, 0.15) is 34.1 Å². The number of hydrogen-bond donors (Lipinski definition) is 3. The van der Waals surface area contributed by atoms with Gasteiger partial charge in [0.05, 0.1) is 6.26 Å². The van der Waals surface area contributed by atoms with Crippen LogP contribution in [0, 0.1) is 0 Å². The van der Waals surface area contributed by atoms with E-state index in [9.17, 15) is 13.2 Å². The summed E-state index contributed by atoms with van der Waals surface area (Å²) in [5, 5.41) is 5.85. The van der Waals surface area contributed by atoms with Crippen LogP contribution < -0.4 is 15.4 Å². The Labute approximate surface area is 121 Å². The molecule has 0 aromatic heterocycles. The molecule has 0 aromatic carbocycles. The van der Waals surface area contributed by atoms with E-state index in [4.69, 9.17) is 4.74 Å². The average Bonchev–Trinajstić information content (AvgIpc) is 2.22. The van der Waals surface area contributed by atoms with E-state index in [0.29, 0.717) is 26.1 Å². The fraction of sp³-hybridized carbons (Fsp3) is 0.917. The molecule has 20 heavy (non-hydrogen) atoms. The Morgan fingerprint density at radius 1 is 1.25 bits per heavy atom. The van der Waals surface area contributed by atoms with Crippen LogP contribution >= 0.6 is 0 Å². The molecule has 0 rings (SSSR count). The summed E-state index contributed by atoms with van der Waals surface area (Å²) in [6.07, 6.45) is 1.38. The summed E-state index contributed by atoms with van der Waals surface area (Å²) < 4.78 is 29.2. The highest BCUT2D eigenvalue weighted by Gasteiger charge is 2.16. The lowest BCUT2D eigenvalue weighted by atomic mass is 10.2. The van der Waals surface area contributed by atoms with E-state index in [2.05, 4.69) is 15.4 Å². The molecule has 0 saturated heterocycles. The lowest BCUT2D eigenvalue weighted by Crippen LogP contribution is -2.41. The summed E-state index contributed by atoms with van der Waals surface area (Å²) in [6.45, 7) is 8.88. The van der Waals surface area contributed by atoms with E-state index in [1.807, 2.05) is 27.7 Å². The van der Waals surface area contributed by atoms with E-state index in [-0.39, 0.29) is 6.04 Å². The largest absolute Gasteiger partial charge is 0.444 e. The summed E-state index contributed by atoms with van der Waals surface area (Å²) in [5.41, 5.74) is -0.502. The zero-order chi connectivity index (χ0) is 15.8. The first kappa shape index (κ1) is 19.1. The Morgan fingerprint density at radius 2 is 1.85 bits per heavy atom. The zero-order valence-corrected chi connectivity index (χ0v) is 13.8. The van der Waals surface area contributed by atoms with Crippen molar-refractivity contribution in [2.24, 2.45) is 0 Å². The minimum Gasteiger partial charge on any atom is -0.444 e. The fourth-order valence-corrected chi connectivity index (χ4v) is 1.83. The number of alkyl carbamates (subject to hydrolysis) is 1. The molecule has 8 heteroatoms. The predicted octanol–water partition coefficient (Wildman–Crippen LogP) is 0.429. The number of ether oxygens (including phenoxy) is 1. The number of sulfonamides is 1. The molecule has 1 amide bonds. The Hall–Kier alpha value is -0.860. The Morgan fingerprint density at radius 3 is 2.35 bits per heavy atom. The SMILES string of the molecule is CC(CNC(=O)OC(C)(C)C)NCCCNS(C)(=O)=O. The topological polar surface area (TPSA) is 96.5 Å². The normalized spacial score (nSPS) is 13.8. The van der Waals surface area contributed by atoms with Crippen molar-refractivity contribution in [3.63, 3.8) is 0 Å². The van der Waals surface area contributed by atoms with Gasteiger partial charge in [-0.25, -0.2) is 17.9 Å². The molecular weight excluding hydrogens is 282 g/mol. The van der Waals surface area contributed by atoms with Crippen molar-refractivity contribution in [1.82, 2.24) is 15.4 Å². The Kier molecular flexibility index (Phi) is 8.07. The summed E-state index contributed by atoms with van der Waals surface area (Å²) >= 11 is 0. The summed E-state index contributed by atoms with van der Waals surface area (Å²) in [6, 6.07) is 0.0840. The van der Waals surface area contributed by atoms with Crippen molar-refractivity contribution in [3.8, 4) is 0 Å². The smallest absolute Gasteiger partial charge is 0.407 e. The maximum atomic E-state index is 11.4. The van der Waals surface area contributed by atoms with Crippen molar-refractivity contribution in [2.75, 3.05) is 25.9 Å². The molecule has 0 aliphatic heterocycles. The fourth-order valence-electron chi connectivity index (χ4n) is 1.32. The number of hydrogen-bond acceptors (Lipinski definition) is 5. The maximum absolute atomic E-state index is 11.4. The molecule has 0 radical (unpaired) electrons. The van der Waals surface area contributed by atoms with Gasteiger partial charge >= 0.3 is 6.09 Å². The van der Waals surface area contributed by atoms with Crippen molar-refractivity contribution >= 4 is 16.1 Å². The van der Waals surface area contributed by atoms with Crippen molar-refractivity contribution in [3.05, 3.63) is 0 Å². The summed E-state index contributed by atoms with van der Waals surface area (Å²) in [4.78, 5) is 11.4. The van der Waals surface area contributed by atoms with E-state index in [1.54, 1.807) is 0 Å². The van der Waals surface area contributed by atoms with Crippen molar-refractivity contribution < 1.29 is 17.9 Å². The van der Waals surface area contributed by atoms with Gasteiger partial charge in [0.15, 0.2) is 0 Å². The summed E-state index contributed by atoms with van der Waals surface area (Å²) in [7, 11) is -3.12. The minimum absolute atomic E-state index is 0.0840. The molecule has 0 fully saturated rings. The number of nitrogens with one attached hydrogen (secondary N) is 3. The van der Waals surface area contributed by atoms with Gasteiger partial charge in [0.1, 0.15) is 5.60 Å². The van der Waals surface area contributed by atoms with Gasteiger partial charge in [-0.3, -0.25) is 0 Å². The maximum Gasteiger partial charge on any atom is 0.407 e. The molecule has 0 aliphatic carbocycles. The van der Waals surface area contributed by atoms with Gasteiger partial charge in [-0.15, -0.1) is 0 Å². The molecule has 7 nitrogen and oxygen atoms in total. The second-order valence-corrected chi connectivity index (χ2v) is 7.59. The lowest BCUT2D eigenvalue weighted by molar-refractivity contribution is 0.0523. The molecule has 0 aromatic rings. The first-order valence-corrected chi connectivity index (χ1v) is 8.53. The van der Waals surface area contributed by atoms with Gasteiger partial charge < -0.3 is 15.4 Å². The van der Waals surface area contributed by atoms with Crippen LogP contribution in [0.15, 0.2) is 0 Å². The molecule has 1 atom stereocenters. The van der Waals surface area contributed by atoms with Crippen molar-refractivity contribution in [2.45, 2.75) is 45.8 Å². The molecule has 0 bridgehead atoms. The molecular formula is C12H27N3O4S. The van der Waals surface area contributed by atoms with Gasteiger partial charge in [-0.1, -0.05) is 0 Å². The molecule has 0 heterocycles. The molecule has 0 aliphatic rings. The number of carbonyl (C=O) groups excluding carboxylic acids is 1. The third-order valence-corrected chi connectivity index (χ3v) is 2.89. The van der Waals surface area contributed by atoms with Gasteiger partial charge in [-0.05, 0) is 40.7 Å². The second kappa shape index (κ2) is 8.43. The standard InChI is InChI=1S/C12H27N3O4S/c1-10(9-14-11(16)19-12(2,3)4)13-7-6-8-15-20(5,17)18/h10,13,15H,6-9H2,1-5H3,(H,14,16). The predicted molar refractivity (Wildman–Crippen MR) is 79.2 cm³/mol. The molecule has 0 spiro atoms. The van der Waals surface area contributed by atoms with Gasteiger partial charge in [0.2, 0.25) is 10.0 Å². The second-order valence-electron chi connectivity index (χ2n) is 5.76. The van der Waals surface area contributed by atoms with Gasteiger partial charge in [0, 0.05) is 19.1 Å². The van der Waals surface area contributed by atoms with Gasteiger partial charge in [-0.2, -0.15) is 0 Å². The van der Waals surface area contributed by atoms with E-state index in [0.717, 1.165) is 6.26 Å². The number of amides is 1. The summed E-state index contributed by atoms with van der Waals surface area (Å²) in [5.74, 6) is 0. The van der Waals surface area contributed by atoms with Crippen LogP contribution in [0.25, 0.3) is 0 Å².